The van der Waals surface area contributed by atoms with Crippen LogP contribution in [0.3, 0.4) is 0 Å². The molecule has 3 aliphatic heterocycles. The number of carbonyl (C=O) groups is 3. The van der Waals surface area contributed by atoms with Crippen LogP contribution in [-0.4, -0.2) is 110 Å². The number of carbonyl (C=O) groups excluding carboxylic acids is 3. The molecule has 59 heavy (non-hydrogen) atoms. The lowest BCUT2D eigenvalue weighted by Gasteiger charge is -2.46. The van der Waals surface area contributed by atoms with Crippen LogP contribution >= 0.6 is 0 Å². The van der Waals surface area contributed by atoms with Gasteiger partial charge in [-0.1, -0.05) is 0 Å². The van der Waals surface area contributed by atoms with Gasteiger partial charge in [-0.2, -0.15) is 15.5 Å². The number of nitrogens with zero attached hydrogens (tertiary/aromatic N) is 9. The number of aliphatic hydroxyl groups is 1. The molecule has 1 saturated carbocycles. The van der Waals surface area contributed by atoms with E-state index in [1.54, 1.807) is 36.9 Å². The maximum absolute atomic E-state index is 13.5. The fourth-order valence-corrected chi connectivity index (χ4v) is 9.60. The van der Waals surface area contributed by atoms with Gasteiger partial charge in [0.2, 0.25) is 5.91 Å². The molecular weight excluding hydrogens is 747 g/mol. The third kappa shape index (κ3) is 7.87. The Morgan fingerprint density at radius 3 is 2.17 bits per heavy atom. The van der Waals surface area contributed by atoms with Gasteiger partial charge in [-0.3, -0.25) is 34.3 Å². The Balaban J connectivity index is 0.770. The van der Waals surface area contributed by atoms with Crippen molar-refractivity contribution < 1.29 is 19.5 Å². The SMILES string of the molecule is CC(C)(O)c1cc2nn(C3CCC(N4CCN(C5CCN(c6ccc(N7CCC(=O)NC7=O)cc6)CC5)CC4)CC3)cc2cc1NC(=O)c1ccc2cc(C#N)cnn12. The second-order valence-corrected chi connectivity index (χ2v) is 17.0. The number of urea groups is 1. The second kappa shape index (κ2) is 15.7. The van der Waals surface area contributed by atoms with E-state index in [4.69, 9.17) is 5.10 Å². The molecule has 4 fully saturated rings. The maximum atomic E-state index is 13.5. The normalized spacial score (nSPS) is 21.5. The van der Waals surface area contributed by atoms with E-state index in [9.17, 15) is 24.8 Å². The van der Waals surface area contributed by atoms with Crippen LogP contribution in [0.5, 0.6) is 0 Å². The van der Waals surface area contributed by atoms with Gasteiger partial charge in [-0.05, 0) is 107 Å². The number of piperidine rings is 1. The smallest absolute Gasteiger partial charge is 0.328 e. The van der Waals surface area contributed by atoms with Gasteiger partial charge in [0.25, 0.3) is 5.91 Å². The van der Waals surface area contributed by atoms with Crippen LogP contribution in [0.1, 0.15) is 86.5 Å². The third-order valence-corrected chi connectivity index (χ3v) is 12.9. The molecule has 306 valence electrons. The van der Waals surface area contributed by atoms with Gasteiger partial charge in [-0.15, -0.1) is 0 Å². The number of hydrogen-bond donors (Lipinski definition) is 3. The lowest BCUT2D eigenvalue weighted by Crippen LogP contribution is -2.55. The Morgan fingerprint density at radius 1 is 0.847 bits per heavy atom. The average molecular weight is 798 g/mol. The van der Waals surface area contributed by atoms with Crippen LogP contribution in [0.25, 0.3) is 16.4 Å². The highest BCUT2D eigenvalue weighted by Crippen LogP contribution is 2.36. The number of piperazine rings is 1. The number of nitrogens with one attached hydrogen (secondary N) is 2. The van der Waals surface area contributed by atoms with E-state index in [0.717, 1.165) is 94.4 Å². The van der Waals surface area contributed by atoms with E-state index >= 15 is 0 Å². The first-order chi connectivity index (χ1) is 28.5. The number of amides is 4. The minimum Gasteiger partial charge on any atom is -0.386 e. The summed E-state index contributed by atoms with van der Waals surface area (Å²) in [5.41, 5.74) is 4.03. The van der Waals surface area contributed by atoms with E-state index in [2.05, 4.69) is 59.5 Å². The summed E-state index contributed by atoms with van der Waals surface area (Å²) in [5.74, 6) is -0.586. The predicted molar refractivity (Wildman–Crippen MR) is 224 cm³/mol. The van der Waals surface area contributed by atoms with Crippen LogP contribution in [0, 0.1) is 11.3 Å². The predicted octanol–water partition coefficient (Wildman–Crippen LogP) is 5.25. The molecule has 15 heteroatoms. The van der Waals surface area contributed by atoms with Crippen LogP contribution in [0.15, 0.2) is 67.0 Å². The quantitative estimate of drug-likeness (QED) is 0.189. The minimum atomic E-state index is -1.23. The monoisotopic (exact) mass is 797 g/mol. The first-order valence-corrected chi connectivity index (χ1v) is 20.9. The summed E-state index contributed by atoms with van der Waals surface area (Å²) >= 11 is 0. The van der Waals surface area contributed by atoms with Crippen LogP contribution in [-0.2, 0) is 10.4 Å². The van der Waals surface area contributed by atoms with Crippen molar-refractivity contribution in [2.45, 2.75) is 82.5 Å². The molecule has 15 nitrogen and oxygen atoms in total. The van der Waals surface area contributed by atoms with Gasteiger partial charge in [-0.25, -0.2) is 9.31 Å². The number of imide groups is 1. The van der Waals surface area contributed by atoms with Gasteiger partial charge in [0, 0.05) is 98.5 Å². The van der Waals surface area contributed by atoms with Crippen molar-refractivity contribution in [3.63, 3.8) is 0 Å². The summed E-state index contributed by atoms with van der Waals surface area (Å²) in [7, 11) is 0. The Bertz CT molecular complexity index is 2420. The summed E-state index contributed by atoms with van der Waals surface area (Å²) in [6, 6.07) is 20.2. The van der Waals surface area contributed by atoms with Crippen molar-refractivity contribution in [2.24, 2.45) is 0 Å². The van der Waals surface area contributed by atoms with Crippen molar-refractivity contribution in [1.82, 2.24) is 34.5 Å². The molecule has 0 spiro atoms. The highest BCUT2D eigenvalue weighted by Gasteiger charge is 2.33. The Hall–Kier alpha value is -5.82. The number of aromatic nitrogens is 4. The standard InChI is InChI=1S/C44H51N11O4/c1-44(2,59)37-25-38-30(24-39(37)47-42(57)40-12-11-36-23-29(26-45)27-46-55(36)40)28-54(49-38)35-9-5-32(6-10-35)51-19-21-52(22-20-51)33-13-16-50(17-14-33)31-3-7-34(8-4-31)53-18-15-41(56)48-43(53)58/h3-4,7-8,11-12,23-25,27-28,32-33,35,59H,5-6,9-10,13-22H2,1-2H3,(H,47,57)(H,48,56,58). The number of rotatable bonds is 8. The number of benzene rings is 2. The van der Waals surface area contributed by atoms with Crippen molar-refractivity contribution in [3.05, 3.63) is 83.8 Å². The molecule has 0 bridgehead atoms. The fourth-order valence-electron chi connectivity index (χ4n) is 9.60. The average Bonchev–Trinajstić information content (AvgIpc) is 3.87. The highest BCUT2D eigenvalue weighted by molar-refractivity contribution is 6.06. The zero-order valence-electron chi connectivity index (χ0n) is 33.7. The summed E-state index contributed by atoms with van der Waals surface area (Å²) in [6.45, 7) is 10.3. The molecule has 3 aromatic heterocycles. The van der Waals surface area contributed by atoms with Crippen LogP contribution in [0.4, 0.5) is 21.9 Å². The largest absolute Gasteiger partial charge is 0.386 e. The molecule has 2 aromatic carbocycles. The van der Waals surface area contributed by atoms with E-state index in [1.807, 2.05) is 24.3 Å². The molecule has 0 unspecified atom stereocenters. The first-order valence-electron chi connectivity index (χ1n) is 20.9. The number of fused-ring (bicyclic) bond motifs is 2. The summed E-state index contributed by atoms with van der Waals surface area (Å²) in [6.07, 6.45) is 10.5. The van der Waals surface area contributed by atoms with Gasteiger partial charge in [0.1, 0.15) is 11.8 Å². The molecule has 6 heterocycles. The van der Waals surface area contributed by atoms with E-state index in [-0.39, 0.29) is 23.9 Å². The van der Waals surface area contributed by atoms with Crippen molar-refractivity contribution in [2.75, 3.05) is 60.9 Å². The van der Waals surface area contributed by atoms with Crippen molar-refractivity contribution in [1.29, 1.82) is 5.26 Å². The summed E-state index contributed by atoms with van der Waals surface area (Å²) in [4.78, 5) is 46.8. The lowest BCUT2D eigenvalue weighted by atomic mass is 9.89. The Labute approximate surface area is 343 Å². The zero-order chi connectivity index (χ0) is 40.8. The summed E-state index contributed by atoms with van der Waals surface area (Å²) in [5, 5.41) is 36.0. The van der Waals surface area contributed by atoms with Gasteiger partial charge < -0.3 is 15.3 Å². The van der Waals surface area contributed by atoms with Crippen molar-refractivity contribution in [3.8, 4) is 6.07 Å². The second-order valence-electron chi connectivity index (χ2n) is 17.0. The molecule has 0 atom stereocenters. The molecule has 9 rings (SSSR count). The van der Waals surface area contributed by atoms with Crippen LogP contribution in [0.2, 0.25) is 0 Å². The molecule has 4 aliphatic rings. The number of anilines is 3. The third-order valence-electron chi connectivity index (χ3n) is 12.9. The Morgan fingerprint density at radius 2 is 1.51 bits per heavy atom. The van der Waals surface area contributed by atoms with Gasteiger partial charge >= 0.3 is 6.03 Å². The lowest BCUT2D eigenvalue weighted by molar-refractivity contribution is -0.120. The maximum Gasteiger partial charge on any atom is 0.328 e. The van der Waals surface area contributed by atoms with Crippen LogP contribution < -0.4 is 20.4 Å². The van der Waals surface area contributed by atoms with E-state index < -0.39 is 5.60 Å². The summed E-state index contributed by atoms with van der Waals surface area (Å²) < 4.78 is 3.60. The first kappa shape index (κ1) is 38.7. The molecule has 5 aromatic rings. The minimum absolute atomic E-state index is 0.220. The molecule has 4 amide bonds. The topological polar surface area (TPSA) is 167 Å². The van der Waals surface area contributed by atoms with E-state index in [1.165, 1.54) is 16.4 Å². The molecule has 3 saturated heterocycles. The highest BCUT2D eigenvalue weighted by atomic mass is 16.3. The molecule has 3 N–H and O–H groups in total. The molecular formula is C44H51N11O4. The molecule has 0 radical (unpaired) electrons. The fraction of sp³-hybridized carbons (Fsp3) is 0.455. The Kier molecular flexibility index (Phi) is 10.3. The number of hydrogen-bond acceptors (Lipinski definition) is 10. The number of nitriles is 1. The molecule has 1 aliphatic carbocycles. The van der Waals surface area contributed by atoms with Gasteiger partial charge in [0.05, 0.1) is 34.4 Å². The zero-order valence-corrected chi connectivity index (χ0v) is 33.7. The van der Waals surface area contributed by atoms with Gasteiger partial charge in [0.15, 0.2) is 0 Å². The van der Waals surface area contributed by atoms with Crippen molar-refractivity contribution >= 4 is 51.3 Å². The van der Waals surface area contributed by atoms with E-state index in [0.29, 0.717) is 53.1 Å².